The van der Waals surface area contributed by atoms with Gasteiger partial charge in [0.25, 0.3) is 11.8 Å². The molecule has 0 radical (unpaired) electrons. The second-order valence-corrected chi connectivity index (χ2v) is 9.73. The highest BCUT2D eigenvalue weighted by molar-refractivity contribution is 6.40. The molecule has 4 rings (SSSR count). The zero-order valence-electron chi connectivity index (χ0n) is 19.1. The van der Waals surface area contributed by atoms with Crippen molar-refractivity contribution >= 4 is 52.7 Å². The van der Waals surface area contributed by atoms with Crippen LogP contribution in [0.1, 0.15) is 48.0 Å². The summed E-state index contributed by atoms with van der Waals surface area (Å²) in [5.41, 5.74) is 0.254. The summed E-state index contributed by atoms with van der Waals surface area (Å²) in [5.74, 6) is -2.16. The molecule has 2 aromatic rings. The molecule has 0 aromatic heterocycles. The largest absolute Gasteiger partial charge is 0.480 e. The van der Waals surface area contributed by atoms with Crippen molar-refractivity contribution in [2.45, 2.75) is 50.1 Å². The van der Waals surface area contributed by atoms with E-state index in [2.05, 4.69) is 5.32 Å². The summed E-state index contributed by atoms with van der Waals surface area (Å²) >= 11 is 12.2. The van der Waals surface area contributed by atoms with Crippen molar-refractivity contribution in [3.05, 3.63) is 63.6 Å². The number of anilines is 1. The molecule has 1 saturated carbocycles. The van der Waals surface area contributed by atoms with Gasteiger partial charge in [-0.05, 0) is 42.7 Å². The molecule has 1 atom stereocenters. The van der Waals surface area contributed by atoms with E-state index in [1.165, 1.54) is 4.90 Å². The molecule has 1 saturated heterocycles. The second-order valence-electron chi connectivity index (χ2n) is 8.91. The number of urea groups is 1. The number of rotatable bonds is 6. The molecule has 184 valence electrons. The van der Waals surface area contributed by atoms with Crippen LogP contribution < -0.4 is 5.32 Å². The van der Waals surface area contributed by atoms with Gasteiger partial charge in [-0.15, -0.1) is 0 Å². The van der Waals surface area contributed by atoms with Gasteiger partial charge in [0.05, 0.1) is 15.6 Å². The zero-order chi connectivity index (χ0) is 25.3. The Labute approximate surface area is 212 Å². The minimum absolute atomic E-state index is 0.0543. The standard InChI is InChI=1S/C25H25Cl2N3O5/c1-29-24(35)30(23(34)25(29)12-3-2-4-13-25)19(22(32)33)14-15-8-10-16(11-9-15)28-21(31)20-17(26)6-5-7-18(20)27/h5-11,19H,2-4,12-14H2,1H3,(H,28,31)(H,32,33). The van der Waals surface area contributed by atoms with Crippen molar-refractivity contribution in [3.63, 3.8) is 0 Å². The van der Waals surface area contributed by atoms with E-state index in [4.69, 9.17) is 23.2 Å². The predicted molar refractivity (Wildman–Crippen MR) is 132 cm³/mol. The average Bonchev–Trinajstić information content (AvgIpc) is 2.99. The van der Waals surface area contributed by atoms with E-state index in [0.717, 1.165) is 24.2 Å². The molecule has 10 heteroatoms. The molecule has 1 spiro atoms. The van der Waals surface area contributed by atoms with Gasteiger partial charge < -0.3 is 15.3 Å². The highest BCUT2D eigenvalue weighted by Gasteiger charge is 2.58. The molecular weight excluding hydrogens is 493 g/mol. The summed E-state index contributed by atoms with van der Waals surface area (Å²) in [6.07, 6.45) is 3.66. The first kappa shape index (κ1) is 25.0. The fraction of sp³-hybridized carbons (Fsp3) is 0.360. The Morgan fingerprint density at radius 3 is 2.20 bits per heavy atom. The van der Waals surface area contributed by atoms with E-state index < -0.39 is 35.4 Å². The van der Waals surface area contributed by atoms with E-state index in [1.54, 1.807) is 49.5 Å². The highest BCUT2D eigenvalue weighted by atomic mass is 35.5. The minimum Gasteiger partial charge on any atom is -0.480 e. The summed E-state index contributed by atoms with van der Waals surface area (Å²) in [5, 5.41) is 13.1. The van der Waals surface area contributed by atoms with Crippen LogP contribution in [-0.4, -0.2) is 57.3 Å². The number of imide groups is 1. The number of carboxylic acid groups (broad SMARTS) is 1. The van der Waals surface area contributed by atoms with Crippen LogP contribution in [0.5, 0.6) is 0 Å². The molecule has 2 N–H and O–H groups in total. The summed E-state index contributed by atoms with van der Waals surface area (Å²) in [6.45, 7) is 0. The van der Waals surface area contributed by atoms with Crippen LogP contribution in [-0.2, 0) is 16.0 Å². The summed E-state index contributed by atoms with van der Waals surface area (Å²) in [7, 11) is 1.58. The first-order valence-corrected chi connectivity index (χ1v) is 12.1. The molecule has 1 aliphatic carbocycles. The van der Waals surface area contributed by atoms with Crippen LogP contribution >= 0.6 is 23.2 Å². The molecule has 2 fully saturated rings. The smallest absolute Gasteiger partial charge is 0.328 e. The number of carbonyl (C=O) groups excluding carboxylic acids is 3. The average molecular weight is 518 g/mol. The fourth-order valence-electron chi connectivity index (χ4n) is 4.90. The van der Waals surface area contributed by atoms with Gasteiger partial charge in [0, 0.05) is 19.2 Å². The van der Waals surface area contributed by atoms with E-state index in [1.807, 2.05) is 0 Å². The van der Waals surface area contributed by atoms with E-state index in [0.29, 0.717) is 24.1 Å². The topological polar surface area (TPSA) is 107 Å². The number of amides is 4. The molecule has 0 bridgehead atoms. The number of likely N-dealkylation sites (N-methyl/N-ethyl adjacent to an activating group) is 1. The van der Waals surface area contributed by atoms with Crippen LogP contribution in [0.2, 0.25) is 10.0 Å². The number of nitrogens with zero attached hydrogens (tertiary/aromatic N) is 2. The predicted octanol–water partition coefficient (Wildman–Crippen LogP) is 4.84. The lowest BCUT2D eigenvalue weighted by molar-refractivity contribution is -0.148. The van der Waals surface area contributed by atoms with Gasteiger partial charge in [0.1, 0.15) is 11.6 Å². The lowest BCUT2D eigenvalue weighted by atomic mass is 9.80. The van der Waals surface area contributed by atoms with Crippen LogP contribution in [0.4, 0.5) is 10.5 Å². The van der Waals surface area contributed by atoms with Crippen LogP contribution in [0.25, 0.3) is 0 Å². The van der Waals surface area contributed by atoms with Crippen molar-refractivity contribution in [1.29, 1.82) is 0 Å². The maximum Gasteiger partial charge on any atom is 0.328 e. The third-order valence-corrected chi connectivity index (χ3v) is 7.49. The number of carbonyl (C=O) groups is 4. The third-order valence-electron chi connectivity index (χ3n) is 6.86. The van der Waals surface area contributed by atoms with E-state index in [9.17, 15) is 24.3 Å². The molecule has 4 amide bonds. The van der Waals surface area contributed by atoms with E-state index >= 15 is 0 Å². The summed E-state index contributed by atoms with van der Waals surface area (Å²) in [6, 6.07) is 9.36. The van der Waals surface area contributed by atoms with Gasteiger partial charge in [0.2, 0.25) is 0 Å². The van der Waals surface area contributed by atoms with Gasteiger partial charge in [0.15, 0.2) is 0 Å². The van der Waals surface area contributed by atoms with E-state index in [-0.39, 0.29) is 22.0 Å². The van der Waals surface area contributed by atoms with Crippen molar-refractivity contribution in [2.75, 3.05) is 12.4 Å². The first-order chi connectivity index (χ1) is 16.7. The quantitative estimate of drug-likeness (QED) is 0.533. The molecule has 1 unspecified atom stereocenters. The van der Waals surface area contributed by atoms with Crippen molar-refractivity contribution in [2.24, 2.45) is 0 Å². The summed E-state index contributed by atoms with van der Waals surface area (Å²) < 4.78 is 0. The molecule has 1 heterocycles. The molecule has 1 aliphatic heterocycles. The SMILES string of the molecule is CN1C(=O)N(C(Cc2ccc(NC(=O)c3c(Cl)cccc3Cl)cc2)C(=O)O)C(=O)C12CCCCC2. The Hall–Kier alpha value is -3.10. The maximum atomic E-state index is 13.3. The minimum atomic E-state index is -1.33. The highest BCUT2D eigenvalue weighted by Crippen LogP contribution is 2.40. The monoisotopic (exact) mass is 517 g/mol. The number of halogens is 2. The van der Waals surface area contributed by atoms with Crippen LogP contribution in [0, 0.1) is 0 Å². The molecule has 35 heavy (non-hydrogen) atoms. The second kappa shape index (κ2) is 9.87. The third kappa shape index (κ3) is 4.60. The van der Waals surface area contributed by atoms with Crippen molar-refractivity contribution < 1.29 is 24.3 Å². The Kier molecular flexibility index (Phi) is 7.05. The molecule has 2 aromatic carbocycles. The molecular formula is C25H25Cl2N3O5. The normalized spacial score (nSPS) is 18.1. The van der Waals surface area contributed by atoms with Gasteiger partial charge in [-0.1, -0.05) is 60.7 Å². The Balaban J connectivity index is 1.50. The fourth-order valence-corrected chi connectivity index (χ4v) is 5.47. The van der Waals surface area contributed by atoms with Gasteiger partial charge in [-0.2, -0.15) is 0 Å². The molecule has 2 aliphatic rings. The number of benzene rings is 2. The number of aliphatic carboxylic acids is 1. The first-order valence-electron chi connectivity index (χ1n) is 11.3. The lowest BCUT2D eigenvalue weighted by Gasteiger charge is -2.36. The number of hydrogen-bond donors (Lipinski definition) is 2. The van der Waals surface area contributed by atoms with Gasteiger partial charge in [-0.25, -0.2) is 14.5 Å². The Morgan fingerprint density at radius 1 is 1.03 bits per heavy atom. The van der Waals surface area contributed by atoms with Gasteiger partial charge in [-0.3, -0.25) is 9.59 Å². The van der Waals surface area contributed by atoms with Crippen LogP contribution in [0.15, 0.2) is 42.5 Å². The van der Waals surface area contributed by atoms with Gasteiger partial charge >= 0.3 is 12.0 Å². The number of hydrogen-bond acceptors (Lipinski definition) is 4. The zero-order valence-corrected chi connectivity index (χ0v) is 20.6. The lowest BCUT2D eigenvalue weighted by Crippen LogP contribution is -2.51. The molecule has 8 nitrogen and oxygen atoms in total. The van der Waals surface area contributed by atoms with Crippen molar-refractivity contribution in [3.8, 4) is 0 Å². The number of carboxylic acids is 1. The van der Waals surface area contributed by atoms with Crippen LogP contribution in [0.3, 0.4) is 0 Å². The maximum absolute atomic E-state index is 13.3. The Morgan fingerprint density at radius 2 is 1.63 bits per heavy atom. The Bertz CT molecular complexity index is 1160. The summed E-state index contributed by atoms with van der Waals surface area (Å²) in [4.78, 5) is 53.4. The number of nitrogens with one attached hydrogen (secondary N) is 1. The van der Waals surface area contributed by atoms with Crippen molar-refractivity contribution in [1.82, 2.24) is 9.80 Å².